The van der Waals surface area contributed by atoms with Gasteiger partial charge < -0.3 is 9.31 Å². The molecule has 0 amide bonds. The lowest BCUT2D eigenvalue weighted by Gasteiger charge is -2.11. The highest BCUT2D eigenvalue weighted by Crippen LogP contribution is 2.15. The third kappa shape index (κ3) is 3.24. The summed E-state index contributed by atoms with van der Waals surface area (Å²) in [5.41, 5.74) is 0. The minimum atomic E-state index is -0.607. The quantitative estimate of drug-likeness (QED) is 0.642. The Morgan fingerprint density at radius 1 is 0.688 bits per heavy atom. The van der Waals surface area contributed by atoms with E-state index in [2.05, 4.69) is 12.5 Å². The zero-order valence-corrected chi connectivity index (χ0v) is 9.51. The molecule has 0 unspecified atom stereocenters. The van der Waals surface area contributed by atoms with Gasteiger partial charge in [-0.2, -0.15) is 0 Å². The minimum Gasteiger partial charge on any atom is -0.517 e. The molecule has 0 aliphatic rings. The van der Waals surface area contributed by atoms with Gasteiger partial charge in [-0.3, -0.25) is 0 Å². The number of hydrogen-bond acceptors (Lipinski definition) is 3. The Hall–Kier alpha value is -1.55. The van der Waals surface area contributed by atoms with Crippen LogP contribution in [0.1, 0.15) is 0 Å². The molecule has 2 nitrogen and oxygen atoms in total. The van der Waals surface area contributed by atoms with E-state index in [0.29, 0.717) is 0 Å². The number of benzene rings is 2. The van der Waals surface area contributed by atoms with Crippen LogP contribution in [0, 0.1) is 0 Å². The second kappa shape index (κ2) is 5.51. The molecule has 4 heteroatoms. The monoisotopic (exact) mass is 230 g/mol. The lowest BCUT2D eigenvalue weighted by Crippen LogP contribution is -2.23. The minimum absolute atomic E-state index is 0.607. The second-order valence-electron chi connectivity index (χ2n) is 3.17. The molecule has 80 valence electrons. The van der Waals surface area contributed by atoms with Gasteiger partial charge in [0.1, 0.15) is 11.5 Å². The molecule has 0 aromatic heterocycles. The summed E-state index contributed by atoms with van der Waals surface area (Å²) in [5.74, 6) is 1.47. The first-order valence-electron chi connectivity index (χ1n) is 4.96. The van der Waals surface area contributed by atoms with Gasteiger partial charge in [-0.05, 0) is 24.3 Å². The van der Waals surface area contributed by atoms with Crippen LogP contribution in [0.4, 0.5) is 0 Å². The Morgan fingerprint density at radius 2 is 1.06 bits per heavy atom. The van der Waals surface area contributed by atoms with Crippen molar-refractivity contribution in [3.8, 4) is 11.5 Å². The van der Waals surface area contributed by atoms with E-state index >= 15 is 0 Å². The van der Waals surface area contributed by atoms with E-state index in [0.717, 1.165) is 11.5 Å². The van der Waals surface area contributed by atoms with Crippen molar-refractivity contribution in [3.63, 3.8) is 0 Å². The highest BCUT2D eigenvalue weighted by atomic mass is 32.1. The van der Waals surface area contributed by atoms with Gasteiger partial charge in [0.05, 0.1) is 0 Å². The van der Waals surface area contributed by atoms with E-state index in [1.807, 2.05) is 60.7 Å². The van der Waals surface area contributed by atoms with Crippen LogP contribution in [0.5, 0.6) is 11.5 Å². The SMILES string of the molecule is SB(Oc1ccccc1)Oc1ccccc1. The summed E-state index contributed by atoms with van der Waals surface area (Å²) in [6.45, 7) is 0. The van der Waals surface area contributed by atoms with Crippen LogP contribution in [0.25, 0.3) is 0 Å². The van der Waals surface area contributed by atoms with Gasteiger partial charge in [0, 0.05) is 0 Å². The molecule has 0 saturated carbocycles. The first-order chi connectivity index (χ1) is 7.84. The topological polar surface area (TPSA) is 18.5 Å². The number of thiol groups is 1. The van der Waals surface area contributed by atoms with Crippen LogP contribution in [0.3, 0.4) is 0 Å². The maximum Gasteiger partial charge on any atom is 0.668 e. The lowest BCUT2D eigenvalue weighted by atomic mass is 10.3. The summed E-state index contributed by atoms with van der Waals surface area (Å²) < 4.78 is 10.9. The van der Waals surface area contributed by atoms with Crippen LogP contribution in [-0.4, -0.2) is 6.40 Å². The molecule has 2 aromatic carbocycles. The molecule has 0 aliphatic carbocycles. The average molecular weight is 230 g/mol. The molecule has 0 aliphatic heterocycles. The molecule has 0 heterocycles. The van der Waals surface area contributed by atoms with Gasteiger partial charge in [-0.15, -0.1) is 12.5 Å². The van der Waals surface area contributed by atoms with Gasteiger partial charge >= 0.3 is 6.40 Å². The molecule has 2 aromatic rings. The van der Waals surface area contributed by atoms with Gasteiger partial charge in [-0.1, -0.05) is 36.4 Å². The first kappa shape index (κ1) is 11.0. The molecular formula is C12H11BO2S. The maximum atomic E-state index is 5.46. The van der Waals surface area contributed by atoms with E-state index in [4.69, 9.17) is 9.31 Å². The molecular weight excluding hydrogens is 219 g/mol. The van der Waals surface area contributed by atoms with Gasteiger partial charge in [0.2, 0.25) is 0 Å². The van der Waals surface area contributed by atoms with Crippen molar-refractivity contribution < 1.29 is 9.31 Å². The van der Waals surface area contributed by atoms with E-state index < -0.39 is 6.40 Å². The Balaban J connectivity index is 1.92. The van der Waals surface area contributed by atoms with Gasteiger partial charge in [0.15, 0.2) is 0 Å². The van der Waals surface area contributed by atoms with Gasteiger partial charge in [0.25, 0.3) is 0 Å². The standard InChI is InChI=1S/C12H11BO2S/c16-13(14-11-7-3-1-4-8-11)15-12-9-5-2-6-10-12/h1-10,16H. The van der Waals surface area contributed by atoms with Crippen LogP contribution < -0.4 is 9.31 Å². The van der Waals surface area contributed by atoms with Crippen molar-refractivity contribution in [3.05, 3.63) is 60.7 Å². The molecule has 2 rings (SSSR count). The summed E-state index contributed by atoms with van der Waals surface area (Å²) in [7, 11) is 0. The summed E-state index contributed by atoms with van der Waals surface area (Å²) >= 11 is 4.21. The molecule has 0 bridgehead atoms. The Morgan fingerprint density at radius 3 is 1.44 bits per heavy atom. The zero-order chi connectivity index (χ0) is 11.2. The van der Waals surface area contributed by atoms with Crippen molar-refractivity contribution in [1.29, 1.82) is 0 Å². The highest BCUT2D eigenvalue weighted by Gasteiger charge is 2.16. The molecule has 0 saturated heterocycles. The molecule has 0 spiro atoms. The fourth-order valence-electron chi connectivity index (χ4n) is 1.26. The fraction of sp³-hybridized carbons (Fsp3) is 0. The Labute approximate surface area is 101 Å². The van der Waals surface area contributed by atoms with E-state index in [-0.39, 0.29) is 0 Å². The van der Waals surface area contributed by atoms with Crippen LogP contribution >= 0.6 is 12.5 Å². The molecule has 0 fully saturated rings. The largest absolute Gasteiger partial charge is 0.668 e. The number of hydrogen-bond donors (Lipinski definition) is 1. The molecule has 16 heavy (non-hydrogen) atoms. The molecule has 0 atom stereocenters. The smallest absolute Gasteiger partial charge is 0.517 e. The predicted molar refractivity (Wildman–Crippen MR) is 68.9 cm³/mol. The zero-order valence-electron chi connectivity index (χ0n) is 8.61. The van der Waals surface area contributed by atoms with Gasteiger partial charge in [-0.25, -0.2) is 0 Å². The predicted octanol–water partition coefficient (Wildman–Crippen LogP) is 3.06. The van der Waals surface area contributed by atoms with E-state index in [1.54, 1.807) is 0 Å². The summed E-state index contributed by atoms with van der Waals surface area (Å²) in [6, 6.07) is 18.9. The van der Waals surface area contributed by atoms with E-state index in [1.165, 1.54) is 0 Å². The third-order valence-electron chi connectivity index (χ3n) is 1.96. The average Bonchev–Trinajstić information content (AvgIpc) is 2.31. The van der Waals surface area contributed by atoms with Crippen molar-refractivity contribution in [1.82, 2.24) is 0 Å². The fourth-order valence-corrected chi connectivity index (χ4v) is 1.50. The lowest BCUT2D eigenvalue weighted by molar-refractivity contribution is 0.450. The Kier molecular flexibility index (Phi) is 3.78. The van der Waals surface area contributed by atoms with Crippen molar-refractivity contribution in [2.45, 2.75) is 0 Å². The number of rotatable bonds is 4. The van der Waals surface area contributed by atoms with Crippen molar-refractivity contribution in [2.75, 3.05) is 0 Å². The molecule has 0 N–H and O–H groups in total. The van der Waals surface area contributed by atoms with Crippen LogP contribution in [0.15, 0.2) is 60.7 Å². The summed E-state index contributed by atoms with van der Waals surface area (Å²) in [6.07, 6.45) is -0.607. The summed E-state index contributed by atoms with van der Waals surface area (Å²) in [4.78, 5) is 0. The van der Waals surface area contributed by atoms with Crippen LogP contribution in [0.2, 0.25) is 0 Å². The van der Waals surface area contributed by atoms with Crippen molar-refractivity contribution >= 4 is 18.9 Å². The highest BCUT2D eigenvalue weighted by molar-refractivity contribution is 8.08. The normalized spacial score (nSPS) is 9.56. The maximum absolute atomic E-state index is 5.46. The Bertz CT molecular complexity index is 380. The van der Waals surface area contributed by atoms with Crippen LogP contribution in [-0.2, 0) is 0 Å². The molecule has 0 radical (unpaired) electrons. The first-order valence-corrected chi connectivity index (χ1v) is 5.48. The number of para-hydroxylation sites is 2. The summed E-state index contributed by atoms with van der Waals surface area (Å²) in [5, 5.41) is 0. The van der Waals surface area contributed by atoms with Crippen molar-refractivity contribution in [2.24, 2.45) is 0 Å². The second-order valence-corrected chi connectivity index (χ2v) is 3.59. The van der Waals surface area contributed by atoms with E-state index in [9.17, 15) is 0 Å². The third-order valence-corrected chi connectivity index (χ3v) is 2.17.